The Balaban J connectivity index is 1.21. The quantitative estimate of drug-likeness (QED) is 0.178. The van der Waals surface area contributed by atoms with E-state index in [1.54, 1.807) is 0 Å². The summed E-state index contributed by atoms with van der Waals surface area (Å²) in [5.74, 6) is 0. The third kappa shape index (κ3) is 5.98. The maximum absolute atomic E-state index is 6.37. The van der Waals surface area contributed by atoms with E-state index in [0.29, 0.717) is 0 Å². The van der Waals surface area contributed by atoms with E-state index in [2.05, 4.69) is 175 Å². The number of hydrogen-bond acceptors (Lipinski definition) is 6. The van der Waals surface area contributed by atoms with E-state index in [0.717, 1.165) is 78.0 Å². The largest absolute Gasteiger partial charge is 0.494 e. The summed E-state index contributed by atoms with van der Waals surface area (Å²) in [7, 11) is -0.894. The molecular formula is C44H44B2N4O4. The molecule has 5 aromatic rings. The standard InChI is InChI=1S/C44H44B2N4O4/c1-41(2)42(3,4)52-45(51-41)29-13-9-27(10-14-29)39-35-21-19-33(48-35)25-31-17-18-32(47-31)26-34-20-22-36(49-34)40(38-24-23-37(39)50-38)28-11-15-30(16-12-28)46-53-43(5,6)44(7,8)54-46/h9-26,47-48H,1-8H3. The molecule has 0 aliphatic carbocycles. The van der Waals surface area contributed by atoms with Gasteiger partial charge in [-0.2, -0.15) is 0 Å². The highest BCUT2D eigenvalue weighted by Crippen LogP contribution is 2.39. The summed E-state index contributed by atoms with van der Waals surface area (Å²) in [5, 5.41) is 0. The van der Waals surface area contributed by atoms with Gasteiger partial charge in [-0.3, -0.25) is 0 Å². The van der Waals surface area contributed by atoms with Crippen molar-refractivity contribution in [2.45, 2.75) is 77.8 Å². The zero-order chi connectivity index (χ0) is 37.6. The predicted octanol–water partition coefficient (Wildman–Crippen LogP) is 8.59. The number of aromatic amines is 2. The van der Waals surface area contributed by atoms with Gasteiger partial charge in [0.15, 0.2) is 0 Å². The summed E-state index contributed by atoms with van der Waals surface area (Å²) in [6.07, 6.45) is 8.31. The first-order valence-electron chi connectivity index (χ1n) is 18.7. The first kappa shape index (κ1) is 34.8. The molecule has 7 heterocycles. The third-order valence-corrected chi connectivity index (χ3v) is 11.8. The molecule has 0 spiro atoms. The van der Waals surface area contributed by atoms with E-state index in [1.807, 2.05) is 0 Å². The first-order chi connectivity index (χ1) is 25.6. The van der Waals surface area contributed by atoms with Crippen LogP contribution in [0.3, 0.4) is 0 Å². The van der Waals surface area contributed by atoms with Crippen molar-refractivity contribution >= 4 is 71.5 Å². The molecule has 54 heavy (non-hydrogen) atoms. The first-order valence-corrected chi connectivity index (χ1v) is 18.7. The fraction of sp³-hybridized carbons (Fsp3) is 0.273. The highest BCUT2D eigenvalue weighted by Gasteiger charge is 2.52. The summed E-state index contributed by atoms with van der Waals surface area (Å²) in [5.41, 5.74) is 11.5. The van der Waals surface area contributed by atoms with Crippen LogP contribution in [0, 0.1) is 0 Å². The SMILES string of the molecule is CC1(C)OB(c2ccc(-c3c4nc(cc5ccc(cc6ccc([nH]6)c(-c6ccc(B7OC(C)(C)C(C)(C)O7)cc6)c6nc3C=C6)[nH]5)C=C4)cc2)OC1(C)C. The zero-order valence-electron chi connectivity index (χ0n) is 32.1. The Labute approximate surface area is 317 Å². The van der Waals surface area contributed by atoms with E-state index in [9.17, 15) is 0 Å². The maximum atomic E-state index is 6.37. The van der Waals surface area contributed by atoms with Crippen LogP contribution in [0.5, 0.6) is 0 Å². The van der Waals surface area contributed by atoms with Crippen LogP contribution in [0.25, 0.3) is 68.6 Å². The average molecular weight is 714 g/mol. The smallest absolute Gasteiger partial charge is 0.399 e. The van der Waals surface area contributed by atoms with Crippen LogP contribution < -0.4 is 10.9 Å². The Morgan fingerprint density at radius 1 is 0.444 bits per heavy atom. The van der Waals surface area contributed by atoms with Gasteiger partial charge in [-0.25, -0.2) is 9.97 Å². The van der Waals surface area contributed by atoms with Crippen molar-refractivity contribution in [3.05, 3.63) is 108 Å². The zero-order valence-corrected chi connectivity index (χ0v) is 32.1. The van der Waals surface area contributed by atoms with Gasteiger partial charge in [0.25, 0.3) is 0 Å². The van der Waals surface area contributed by atoms with Crippen LogP contribution in [0.2, 0.25) is 0 Å². The molecule has 4 aliphatic rings. The fourth-order valence-electron chi connectivity index (χ4n) is 7.25. The lowest BCUT2D eigenvalue weighted by Gasteiger charge is -2.32. The van der Waals surface area contributed by atoms with Crippen LogP contribution >= 0.6 is 0 Å². The molecule has 0 saturated carbocycles. The van der Waals surface area contributed by atoms with Gasteiger partial charge in [0.05, 0.1) is 45.2 Å². The molecule has 0 radical (unpaired) electrons. The lowest BCUT2D eigenvalue weighted by molar-refractivity contribution is 0.00578. The number of H-pyrrole nitrogens is 2. The predicted molar refractivity (Wildman–Crippen MR) is 221 cm³/mol. The van der Waals surface area contributed by atoms with E-state index >= 15 is 0 Å². The van der Waals surface area contributed by atoms with Crippen molar-refractivity contribution < 1.29 is 18.6 Å². The molecule has 0 unspecified atom stereocenters. The molecule has 8 bridgehead atoms. The summed E-state index contributed by atoms with van der Waals surface area (Å²) in [6.45, 7) is 16.6. The maximum Gasteiger partial charge on any atom is 0.494 e. The summed E-state index contributed by atoms with van der Waals surface area (Å²) < 4.78 is 25.5. The molecule has 8 nitrogen and oxygen atoms in total. The average Bonchev–Trinajstić information content (AvgIpc) is 3.97. The molecule has 0 amide bonds. The van der Waals surface area contributed by atoms with Crippen molar-refractivity contribution in [1.29, 1.82) is 0 Å². The van der Waals surface area contributed by atoms with Gasteiger partial charge in [-0.05, 0) is 138 Å². The van der Waals surface area contributed by atoms with E-state index in [-0.39, 0.29) is 0 Å². The summed E-state index contributed by atoms with van der Waals surface area (Å²) >= 11 is 0. The van der Waals surface area contributed by atoms with Crippen molar-refractivity contribution in [1.82, 2.24) is 19.9 Å². The second kappa shape index (κ2) is 12.3. The normalized spacial score (nSPS) is 19.2. The number of nitrogens with one attached hydrogen (secondary N) is 2. The van der Waals surface area contributed by atoms with Crippen LogP contribution in [0.4, 0.5) is 0 Å². The van der Waals surface area contributed by atoms with Crippen LogP contribution in [-0.2, 0) is 18.6 Å². The molecule has 2 fully saturated rings. The Kier molecular flexibility index (Phi) is 7.89. The molecule has 0 atom stereocenters. The number of hydrogen-bond donors (Lipinski definition) is 2. The Morgan fingerprint density at radius 3 is 1.43 bits per heavy atom. The molecule has 270 valence electrons. The Hall–Kier alpha value is -4.99. The summed E-state index contributed by atoms with van der Waals surface area (Å²) in [4.78, 5) is 17.7. The second-order valence-corrected chi connectivity index (χ2v) is 16.6. The van der Waals surface area contributed by atoms with Gasteiger partial charge in [0, 0.05) is 33.2 Å². The number of nitrogens with zero attached hydrogens (tertiary/aromatic N) is 2. The second-order valence-electron chi connectivity index (χ2n) is 16.6. The highest BCUT2D eigenvalue weighted by atomic mass is 16.7. The minimum absolute atomic E-state index is 0.420. The lowest BCUT2D eigenvalue weighted by Crippen LogP contribution is -2.41. The minimum Gasteiger partial charge on any atom is -0.399 e. The van der Waals surface area contributed by atoms with E-state index in [4.69, 9.17) is 28.6 Å². The molecule has 3 aromatic heterocycles. The van der Waals surface area contributed by atoms with Gasteiger partial charge in [-0.15, -0.1) is 0 Å². The monoisotopic (exact) mass is 714 g/mol. The number of fused-ring (bicyclic) bond motifs is 8. The topological polar surface area (TPSA) is 94.3 Å². The molecular weight excluding hydrogens is 670 g/mol. The molecule has 2 saturated heterocycles. The van der Waals surface area contributed by atoms with Gasteiger partial charge >= 0.3 is 14.2 Å². The minimum atomic E-state index is -0.449. The Bertz CT molecular complexity index is 2500. The molecule has 9 rings (SSSR count). The lowest BCUT2D eigenvalue weighted by atomic mass is 9.78. The number of aromatic nitrogens is 4. The molecule has 2 N–H and O–H groups in total. The summed E-state index contributed by atoms with van der Waals surface area (Å²) in [6, 6.07) is 29.4. The fourth-order valence-corrected chi connectivity index (χ4v) is 7.25. The van der Waals surface area contributed by atoms with Crippen LogP contribution in [0.15, 0.2) is 84.9 Å². The van der Waals surface area contributed by atoms with Gasteiger partial charge < -0.3 is 28.6 Å². The molecule has 4 aliphatic heterocycles. The molecule has 2 aromatic carbocycles. The third-order valence-electron chi connectivity index (χ3n) is 11.8. The van der Waals surface area contributed by atoms with Gasteiger partial charge in [0.1, 0.15) is 0 Å². The Morgan fingerprint density at radius 2 is 0.870 bits per heavy atom. The highest BCUT2D eigenvalue weighted by molar-refractivity contribution is 6.62. The molecule has 10 heteroatoms. The van der Waals surface area contributed by atoms with Crippen molar-refractivity contribution in [3.8, 4) is 22.3 Å². The van der Waals surface area contributed by atoms with E-state index in [1.165, 1.54) is 0 Å². The van der Waals surface area contributed by atoms with Crippen LogP contribution in [0.1, 0.15) is 78.2 Å². The van der Waals surface area contributed by atoms with Gasteiger partial charge in [0.2, 0.25) is 0 Å². The van der Waals surface area contributed by atoms with Crippen molar-refractivity contribution in [2.24, 2.45) is 0 Å². The number of benzene rings is 2. The van der Waals surface area contributed by atoms with Crippen LogP contribution in [-0.4, -0.2) is 56.6 Å². The van der Waals surface area contributed by atoms with Gasteiger partial charge in [-0.1, -0.05) is 48.5 Å². The van der Waals surface area contributed by atoms with Crippen molar-refractivity contribution in [2.75, 3.05) is 0 Å². The van der Waals surface area contributed by atoms with E-state index < -0.39 is 36.6 Å². The van der Waals surface area contributed by atoms with Crippen molar-refractivity contribution in [3.63, 3.8) is 0 Å². The number of rotatable bonds is 4.